The Labute approximate surface area is 98.6 Å². The van der Waals surface area contributed by atoms with Crippen molar-refractivity contribution in [3.8, 4) is 0 Å². The van der Waals surface area contributed by atoms with Crippen LogP contribution in [0.4, 0.5) is 0 Å². The molecule has 0 radical (unpaired) electrons. The number of rotatable bonds is 6. The molecule has 1 aromatic carbocycles. The van der Waals surface area contributed by atoms with Crippen LogP contribution in [0.1, 0.15) is 22.8 Å². The van der Waals surface area contributed by atoms with E-state index in [-0.39, 0.29) is 19.1 Å². The van der Waals surface area contributed by atoms with Crippen LogP contribution < -0.4 is 5.32 Å². The fourth-order valence-corrected chi connectivity index (χ4v) is 1.20. The van der Waals surface area contributed by atoms with E-state index in [0.29, 0.717) is 5.56 Å². The molecule has 0 fully saturated rings. The molecule has 6 heteroatoms. The summed E-state index contributed by atoms with van der Waals surface area (Å²) in [5, 5.41) is 19.2. The Balaban J connectivity index is 2.51. The Kier molecular flexibility index (Phi) is 5.58. The third kappa shape index (κ3) is 4.49. The molecule has 3 N–H and O–H groups in total. The van der Waals surface area contributed by atoms with E-state index in [1.165, 1.54) is 0 Å². The standard InChI is InChI=1S/C11H15NO5/c1-8(17-15)6-12-11(13)10-4-2-9(3-5-10)7-16-14/h2-5,8,14-15H,6-7H2,1H3,(H,12,13). The normalized spacial score (nSPS) is 12.2. The maximum absolute atomic E-state index is 11.6. The van der Waals surface area contributed by atoms with Gasteiger partial charge < -0.3 is 5.32 Å². The lowest BCUT2D eigenvalue weighted by Gasteiger charge is -2.09. The van der Waals surface area contributed by atoms with Crippen LogP contribution in [0.2, 0.25) is 0 Å². The van der Waals surface area contributed by atoms with Gasteiger partial charge in [-0.2, -0.15) is 0 Å². The Morgan fingerprint density at radius 3 is 2.53 bits per heavy atom. The molecule has 1 aromatic rings. The van der Waals surface area contributed by atoms with Crippen molar-refractivity contribution in [3.05, 3.63) is 35.4 Å². The van der Waals surface area contributed by atoms with Gasteiger partial charge in [0.2, 0.25) is 0 Å². The van der Waals surface area contributed by atoms with Gasteiger partial charge in [0, 0.05) is 12.1 Å². The molecule has 1 atom stereocenters. The lowest BCUT2D eigenvalue weighted by molar-refractivity contribution is -0.271. The second-order valence-corrected chi connectivity index (χ2v) is 3.60. The molecule has 0 heterocycles. The quantitative estimate of drug-likeness (QED) is 0.516. The van der Waals surface area contributed by atoms with Crippen LogP contribution in [-0.2, 0) is 16.4 Å². The molecule has 0 saturated carbocycles. The summed E-state index contributed by atoms with van der Waals surface area (Å²) in [7, 11) is 0. The van der Waals surface area contributed by atoms with Gasteiger partial charge >= 0.3 is 0 Å². The summed E-state index contributed by atoms with van der Waals surface area (Å²) < 4.78 is 0. The van der Waals surface area contributed by atoms with Crippen LogP contribution >= 0.6 is 0 Å². The molecule has 0 saturated heterocycles. The zero-order valence-electron chi connectivity index (χ0n) is 9.42. The number of hydrogen-bond acceptors (Lipinski definition) is 5. The van der Waals surface area contributed by atoms with Gasteiger partial charge in [0.25, 0.3) is 5.91 Å². The third-order valence-corrected chi connectivity index (χ3v) is 2.18. The lowest BCUT2D eigenvalue weighted by atomic mass is 10.1. The second-order valence-electron chi connectivity index (χ2n) is 3.60. The maximum atomic E-state index is 11.6. The van der Waals surface area contributed by atoms with Crippen molar-refractivity contribution in [2.24, 2.45) is 0 Å². The highest BCUT2D eigenvalue weighted by atomic mass is 17.1. The predicted molar refractivity (Wildman–Crippen MR) is 59.4 cm³/mol. The van der Waals surface area contributed by atoms with Gasteiger partial charge in [-0.1, -0.05) is 12.1 Å². The smallest absolute Gasteiger partial charge is 0.251 e. The van der Waals surface area contributed by atoms with E-state index in [0.717, 1.165) is 5.56 Å². The maximum Gasteiger partial charge on any atom is 0.251 e. The molecule has 0 aliphatic carbocycles. The fourth-order valence-electron chi connectivity index (χ4n) is 1.20. The van der Waals surface area contributed by atoms with Crippen LogP contribution in [0, 0.1) is 0 Å². The lowest BCUT2D eigenvalue weighted by Crippen LogP contribution is -2.31. The first kappa shape index (κ1) is 13.6. The van der Waals surface area contributed by atoms with Gasteiger partial charge in [-0.3, -0.25) is 15.3 Å². The zero-order valence-corrected chi connectivity index (χ0v) is 9.42. The van der Waals surface area contributed by atoms with Crippen LogP contribution in [0.5, 0.6) is 0 Å². The first-order valence-corrected chi connectivity index (χ1v) is 5.11. The predicted octanol–water partition coefficient (Wildman–Crippen LogP) is 1.28. The Hall–Kier alpha value is -1.47. The molecule has 94 valence electrons. The molecule has 0 spiro atoms. The third-order valence-electron chi connectivity index (χ3n) is 2.18. The van der Waals surface area contributed by atoms with E-state index >= 15 is 0 Å². The summed E-state index contributed by atoms with van der Waals surface area (Å²) in [6.45, 7) is 1.93. The average Bonchev–Trinajstić information content (AvgIpc) is 2.36. The molecule has 6 nitrogen and oxygen atoms in total. The molecule has 0 aliphatic rings. The van der Waals surface area contributed by atoms with E-state index in [1.54, 1.807) is 31.2 Å². The second kappa shape index (κ2) is 6.97. The van der Waals surface area contributed by atoms with Gasteiger partial charge in [-0.15, -0.1) is 0 Å². The van der Waals surface area contributed by atoms with Gasteiger partial charge in [0.1, 0.15) is 12.7 Å². The molecule has 17 heavy (non-hydrogen) atoms. The summed E-state index contributed by atoms with van der Waals surface area (Å²) in [5.74, 6) is -0.259. The highest BCUT2D eigenvalue weighted by Crippen LogP contribution is 2.05. The van der Waals surface area contributed by atoms with Crippen molar-refractivity contribution in [2.75, 3.05) is 6.54 Å². The molecule has 1 rings (SSSR count). The minimum absolute atomic E-state index is 0.0806. The Morgan fingerprint density at radius 1 is 1.35 bits per heavy atom. The SMILES string of the molecule is CC(CNC(=O)c1ccc(COO)cc1)OO. The first-order chi connectivity index (χ1) is 8.17. The fraction of sp³-hybridized carbons (Fsp3) is 0.364. The van der Waals surface area contributed by atoms with Crippen molar-refractivity contribution in [1.82, 2.24) is 5.32 Å². The highest BCUT2D eigenvalue weighted by Gasteiger charge is 2.07. The van der Waals surface area contributed by atoms with E-state index in [4.69, 9.17) is 10.5 Å². The summed E-state index contributed by atoms with van der Waals surface area (Å²) in [6, 6.07) is 6.59. The van der Waals surface area contributed by atoms with Crippen molar-refractivity contribution in [1.29, 1.82) is 0 Å². The molecule has 1 unspecified atom stereocenters. The van der Waals surface area contributed by atoms with Gasteiger partial charge in [0.15, 0.2) is 0 Å². The number of amides is 1. The van der Waals surface area contributed by atoms with Crippen molar-refractivity contribution in [3.63, 3.8) is 0 Å². The molecule has 0 bridgehead atoms. The average molecular weight is 241 g/mol. The van der Waals surface area contributed by atoms with Crippen molar-refractivity contribution < 1.29 is 25.1 Å². The van der Waals surface area contributed by atoms with Crippen molar-refractivity contribution in [2.45, 2.75) is 19.6 Å². The van der Waals surface area contributed by atoms with E-state index in [9.17, 15) is 4.79 Å². The molecular weight excluding hydrogens is 226 g/mol. The molecule has 0 aliphatic heterocycles. The van der Waals surface area contributed by atoms with Crippen molar-refractivity contribution >= 4 is 5.91 Å². The number of carbonyl (C=O) groups excluding carboxylic acids is 1. The topological polar surface area (TPSA) is 88.0 Å². The zero-order chi connectivity index (χ0) is 12.7. The summed E-state index contributed by atoms with van der Waals surface area (Å²) in [6.07, 6.45) is -0.457. The summed E-state index contributed by atoms with van der Waals surface area (Å²) >= 11 is 0. The van der Waals surface area contributed by atoms with E-state index < -0.39 is 6.10 Å². The number of carbonyl (C=O) groups is 1. The molecular formula is C11H15NO5. The summed E-state index contributed by atoms with van der Waals surface area (Å²) in [4.78, 5) is 19.6. The van der Waals surface area contributed by atoms with Crippen LogP contribution in [0.3, 0.4) is 0 Å². The van der Waals surface area contributed by atoms with Gasteiger partial charge in [-0.05, 0) is 24.6 Å². The Bertz CT molecular complexity index is 351. The largest absolute Gasteiger partial charge is 0.349 e. The minimum atomic E-state index is -0.457. The number of hydrogen-bond donors (Lipinski definition) is 3. The van der Waals surface area contributed by atoms with Crippen LogP contribution in [0.25, 0.3) is 0 Å². The highest BCUT2D eigenvalue weighted by molar-refractivity contribution is 5.94. The number of benzene rings is 1. The van der Waals surface area contributed by atoms with Gasteiger partial charge in [0.05, 0.1) is 0 Å². The minimum Gasteiger partial charge on any atom is -0.349 e. The first-order valence-electron chi connectivity index (χ1n) is 5.11. The van der Waals surface area contributed by atoms with Gasteiger partial charge in [-0.25, -0.2) is 9.78 Å². The Morgan fingerprint density at radius 2 is 2.00 bits per heavy atom. The summed E-state index contributed by atoms with van der Waals surface area (Å²) in [5.41, 5.74) is 1.24. The van der Waals surface area contributed by atoms with E-state index in [2.05, 4.69) is 15.1 Å². The molecule has 1 amide bonds. The molecule has 0 aromatic heterocycles. The van der Waals surface area contributed by atoms with E-state index in [1.807, 2.05) is 0 Å². The number of nitrogens with one attached hydrogen (secondary N) is 1. The monoisotopic (exact) mass is 241 g/mol. The van der Waals surface area contributed by atoms with Crippen LogP contribution in [-0.4, -0.2) is 29.1 Å². The van der Waals surface area contributed by atoms with Crippen LogP contribution in [0.15, 0.2) is 24.3 Å².